The SMILES string of the molecule is C=COCCCNC(=O)c1ccc(Br)c([N+](=O)[O-])c1. The van der Waals surface area contributed by atoms with Gasteiger partial charge in [0, 0.05) is 18.2 Å². The Kier molecular flexibility index (Phi) is 6.01. The number of hydrogen-bond donors (Lipinski definition) is 1. The normalized spacial score (nSPS) is 9.74. The molecule has 1 amide bonds. The van der Waals surface area contributed by atoms with Crippen molar-refractivity contribution in [3.63, 3.8) is 0 Å². The van der Waals surface area contributed by atoms with Crippen LogP contribution in [0.4, 0.5) is 5.69 Å². The number of amides is 1. The summed E-state index contributed by atoms with van der Waals surface area (Å²) in [5, 5.41) is 13.4. The smallest absolute Gasteiger partial charge is 0.284 e. The summed E-state index contributed by atoms with van der Waals surface area (Å²) in [6.07, 6.45) is 1.97. The van der Waals surface area contributed by atoms with E-state index in [0.717, 1.165) is 0 Å². The predicted octanol–water partition coefficient (Wildman–Crippen LogP) is 2.64. The van der Waals surface area contributed by atoms with Crippen molar-refractivity contribution < 1.29 is 14.5 Å². The Morgan fingerprint density at radius 3 is 2.95 bits per heavy atom. The minimum atomic E-state index is -0.543. The van der Waals surface area contributed by atoms with E-state index < -0.39 is 4.92 Å². The standard InChI is InChI=1S/C12H13BrN2O4/c1-2-19-7-3-6-14-12(16)9-4-5-10(13)11(8-9)15(17)18/h2,4-5,8H,1,3,6-7H2,(H,14,16). The summed E-state index contributed by atoms with van der Waals surface area (Å²) in [5.41, 5.74) is 0.113. The van der Waals surface area contributed by atoms with E-state index in [9.17, 15) is 14.9 Å². The first kappa shape index (κ1) is 15.2. The number of rotatable bonds is 7. The zero-order chi connectivity index (χ0) is 14.3. The lowest BCUT2D eigenvalue weighted by Gasteiger charge is -2.05. The highest BCUT2D eigenvalue weighted by molar-refractivity contribution is 9.10. The summed E-state index contributed by atoms with van der Waals surface area (Å²) in [7, 11) is 0. The van der Waals surface area contributed by atoms with Crippen molar-refractivity contribution in [3.05, 3.63) is 51.2 Å². The lowest BCUT2D eigenvalue weighted by atomic mass is 10.2. The molecule has 0 heterocycles. The molecular formula is C12H13BrN2O4. The van der Waals surface area contributed by atoms with Crippen molar-refractivity contribution in [2.45, 2.75) is 6.42 Å². The number of carbonyl (C=O) groups excluding carboxylic acids is 1. The zero-order valence-corrected chi connectivity index (χ0v) is 11.7. The second kappa shape index (κ2) is 7.52. The summed E-state index contributed by atoms with van der Waals surface area (Å²) in [6.45, 7) is 4.29. The van der Waals surface area contributed by atoms with Crippen LogP contribution < -0.4 is 5.32 Å². The summed E-state index contributed by atoms with van der Waals surface area (Å²) in [5.74, 6) is -0.353. The van der Waals surface area contributed by atoms with Crippen LogP contribution in [0.25, 0.3) is 0 Å². The van der Waals surface area contributed by atoms with Crippen LogP contribution in [0.2, 0.25) is 0 Å². The van der Waals surface area contributed by atoms with Crippen molar-refractivity contribution >= 4 is 27.5 Å². The molecule has 102 valence electrons. The van der Waals surface area contributed by atoms with Gasteiger partial charge in [-0.15, -0.1) is 0 Å². The summed E-state index contributed by atoms with van der Waals surface area (Å²) < 4.78 is 5.25. The molecule has 0 radical (unpaired) electrons. The molecule has 0 aromatic heterocycles. The van der Waals surface area contributed by atoms with Crippen LogP contribution in [-0.4, -0.2) is 24.0 Å². The van der Waals surface area contributed by atoms with Gasteiger partial charge < -0.3 is 10.1 Å². The van der Waals surface area contributed by atoms with E-state index in [2.05, 4.69) is 27.8 Å². The number of nitro benzene ring substituents is 1. The topological polar surface area (TPSA) is 81.5 Å². The van der Waals surface area contributed by atoms with Gasteiger partial charge >= 0.3 is 0 Å². The van der Waals surface area contributed by atoms with Gasteiger partial charge in [-0.1, -0.05) is 6.58 Å². The molecule has 7 heteroatoms. The Bertz CT molecular complexity index is 491. The summed E-state index contributed by atoms with van der Waals surface area (Å²) in [6, 6.07) is 4.24. The molecule has 1 aromatic rings. The molecule has 0 spiro atoms. The molecule has 0 fully saturated rings. The number of hydrogen-bond acceptors (Lipinski definition) is 4. The molecule has 1 rings (SSSR count). The van der Waals surface area contributed by atoms with Crippen molar-refractivity contribution in [2.24, 2.45) is 0 Å². The molecule has 0 saturated carbocycles. The third-order valence-corrected chi connectivity index (χ3v) is 2.92. The number of halogens is 1. The highest BCUT2D eigenvalue weighted by Crippen LogP contribution is 2.25. The lowest BCUT2D eigenvalue weighted by Crippen LogP contribution is -2.25. The first-order chi connectivity index (χ1) is 9.06. The fraction of sp³-hybridized carbons (Fsp3) is 0.250. The van der Waals surface area contributed by atoms with Crippen LogP contribution in [0.1, 0.15) is 16.8 Å². The molecule has 0 unspecified atom stereocenters. The van der Waals surface area contributed by atoms with E-state index in [1.54, 1.807) is 0 Å². The number of ether oxygens (including phenoxy) is 1. The average Bonchev–Trinajstić information content (AvgIpc) is 2.38. The Morgan fingerprint density at radius 1 is 1.58 bits per heavy atom. The van der Waals surface area contributed by atoms with Gasteiger partial charge in [-0.05, 0) is 34.5 Å². The molecule has 19 heavy (non-hydrogen) atoms. The van der Waals surface area contributed by atoms with Gasteiger partial charge in [0.15, 0.2) is 0 Å². The Balaban J connectivity index is 2.60. The zero-order valence-electron chi connectivity index (χ0n) is 10.1. The van der Waals surface area contributed by atoms with E-state index in [1.165, 1.54) is 24.5 Å². The third-order valence-electron chi connectivity index (χ3n) is 2.25. The van der Waals surface area contributed by atoms with Gasteiger partial charge in [0.05, 0.1) is 22.3 Å². The quantitative estimate of drug-likeness (QED) is 0.361. The maximum absolute atomic E-state index is 11.8. The second-order valence-electron chi connectivity index (χ2n) is 3.57. The Labute approximate surface area is 118 Å². The van der Waals surface area contributed by atoms with E-state index in [-0.39, 0.29) is 17.2 Å². The highest BCUT2D eigenvalue weighted by Gasteiger charge is 2.15. The molecule has 0 aliphatic heterocycles. The first-order valence-electron chi connectivity index (χ1n) is 5.51. The molecule has 0 saturated heterocycles. The van der Waals surface area contributed by atoms with Crippen molar-refractivity contribution in [2.75, 3.05) is 13.2 Å². The highest BCUT2D eigenvalue weighted by atomic mass is 79.9. The van der Waals surface area contributed by atoms with Crippen molar-refractivity contribution in [1.82, 2.24) is 5.32 Å². The van der Waals surface area contributed by atoms with E-state index >= 15 is 0 Å². The summed E-state index contributed by atoms with van der Waals surface area (Å²) >= 11 is 3.06. The van der Waals surface area contributed by atoms with Crippen LogP contribution in [0.3, 0.4) is 0 Å². The van der Waals surface area contributed by atoms with E-state index in [1.807, 2.05) is 0 Å². The van der Waals surface area contributed by atoms with Crippen LogP contribution in [0.15, 0.2) is 35.5 Å². The van der Waals surface area contributed by atoms with Crippen molar-refractivity contribution in [3.8, 4) is 0 Å². The molecule has 0 aliphatic carbocycles. The molecule has 0 aliphatic rings. The van der Waals surface area contributed by atoms with E-state index in [4.69, 9.17) is 4.74 Å². The van der Waals surface area contributed by atoms with Crippen LogP contribution in [-0.2, 0) is 4.74 Å². The summed E-state index contributed by atoms with van der Waals surface area (Å²) in [4.78, 5) is 22.0. The van der Waals surface area contributed by atoms with Gasteiger partial charge in [-0.2, -0.15) is 0 Å². The molecular weight excluding hydrogens is 316 g/mol. The second-order valence-corrected chi connectivity index (χ2v) is 4.42. The number of benzene rings is 1. The minimum Gasteiger partial charge on any atom is -0.502 e. The molecule has 0 atom stereocenters. The van der Waals surface area contributed by atoms with Crippen LogP contribution in [0.5, 0.6) is 0 Å². The van der Waals surface area contributed by atoms with Gasteiger partial charge in [-0.25, -0.2) is 0 Å². The lowest BCUT2D eigenvalue weighted by molar-refractivity contribution is -0.385. The van der Waals surface area contributed by atoms with Crippen LogP contribution >= 0.6 is 15.9 Å². The molecule has 6 nitrogen and oxygen atoms in total. The minimum absolute atomic E-state index is 0.136. The third kappa shape index (κ3) is 4.70. The maximum Gasteiger partial charge on any atom is 0.284 e. The number of nitrogens with one attached hydrogen (secondary N) is 1. The van der Waals surface area contributed by atoms with Crippen molar-refractivity contribution in [1.29, 1.82) is 0 Å². The molecule has 0 bridgehead atoms. The van der Waals surface area contributed by atoms with Gasteiger partial charge in [0.2, 0.25) is 0 Å². The van der Waals surface area contributed by atoms with E-state index in [0.29, 0.717) is 24.0 Å². The first-order valence-corrected chi connectivity index (χ1v) is 6.30. The Morgan fingerprint density at radius 2 is 2.32 bits per heavy atom. The predicted molar refractivity (Wildman–Crippen MR) is 73.9 cm³/mol. The number of nitro groups is 1. The van der Waals surface area contributed by atoms with Crippen LogP contribution in [0, 0.1) is 10.1 Å². The fourth-order valence-electron chi connectivity index (χ4n) is 1.34. The average molecular weight is 329 g/mol. The number of nitrogens with zero attached hydrogens (tertiary/aromatic N) is 1. The largest absolute Gasteiger partial charge is 0.502 e. The monoisotopic (exact) mass is 328 g/mol. The van der Waals surface area contributed by atoms with Gasteiger partial charge in [0.1, 0.15) is 0 Å². The number of carbonyl (C=O) groups is 1. The van der Waals surface area contributed by atoms with Gasteiger partial charge in [-0.3, -0.25) is 14.9 Å². The molecule has 1 aromatic carbocycles. The fourth-order valence-corrected chi connectivity index (χ4v) is 1.73. The van der Waals surface area contributed by atoms with Gasteiger partial charge in [0.25, 0.3) is 11.6 Å². The Hall–Kier alpha value is -1.89. The maximum atomic E-state index is 11.8. The molecule has 1 N–H and O–H groups in total.